The first kappa shape index (κ1) is 16.1. The Kier molecular flexibility index (Phi) is 3.98. The van der Waals surface area contributed by atoms with E-state index in [2.05, 4.69) is 73.8 Å². The summed E-state index contributed by atoms with van der Waals surface area (Å²) in [5.74, 6) is 0.911. The number of rotatable bonds is 3. The fourth-order valence-corrected chi connectivity index (χ4v) is 3.76. The molecule has 0 amide bonds. The maximum atomic E-state index is 5.92. The van der Waals surface area contributed by atoms with Gasteiger partial charge in [0.1, 0.15) is 0 Å². The Balaban J connectivity index is 2.13. The third-order valence-corrected chi connectivity index (χ3v) is 4.90. The quantitative estimate of drug-likeness (QED) is 0.925. The summed E-state index contributed by atoms with van der Waals surface area (Å²) in [5.41, 5.74) is 3.09. The van der Waals surface area contributed by atoms with Gasteiger partial charge in [-0.2, -0.15) is 4.68 Å². The average Bonchev–Trinajstić information content (AvgIpc) is 2.95. The van der Waals surface area contributed by atoms with Crippen LogP contribution in [-0.4, -0.2) is 39.5 Å². The lowest BCUT2D eigenvalue weighted by Gasteiger charge is -2.41. The number of para-hydroxylation sites is 1. The highest BCUT2D eigenvalue weighted by Crippen LogP contribution is 2.36. The van der Waals surface area contributed by atoms with Gasteiger partial charge in [0.05, 0.1) is 24.9 Å². The van der Waals surface area contributed by atoms with Crippen LogP contribution in [0.1, 0.15) is 43.6 Å². The van der Waals surface area contributed by atoms with Gasteiger partial charge in [-0.15, -0.1) is 5.10 Å². The number of ether oxygens (including phenoxy) is 1. The number of nitrogens with two attached hydrogens (primary N) is 1. The molecule has 1 aliphatic heterocycles. The Hall–Kier alpha value is -1.79. The number of quaternary nitrogens is 1. The van der Waals surface area contributed by atoms with Gasteiger partial charge < -0.3 is 10.1 Å². The topological polar surface area (TPSA) is 69.4 Å². The van der Waals surface area contributed by atoms with Crippen LogP contribution in [0.5, 0.6) is 0 Å². The molecular formula is C17H26N5O+. The van der Waals surface area contributed by atoms with Crippen molar-refractivity contribution in [3.8, 4) is 5.69 Å². The van der Waals surface area contributed by atoms with Crippen molar-refractivity contribution in [2.45, 2.75) is 51.7 Å². The number of aryl methyl sites for hydroxylation is 2. The van der Waals surface area contributed by atoms with Crippen molar-refractivity contribution in [2.24, 2.45) is 0 Å². The molecule has 0 saturated carbocycles. The molecule has 1 saturated heterocycles. The second-order valence-corrected chi connectivity index (χ2v) is 7.13. The smallest absolute Gasteiger partial charge is 0.217 e. The lowest BCUT2D eigenvalue weighted by atomic mass is 9.80. The van der Waals surface area contributed by atoms with Gasteiger partial charge in [-0.05, 0) is 49.2 Å². The van der Waals surface area contributed by atoms with E-state index in [0.29, 0.717) is 0 Å². The minimum Gasteiger partial charge on any atom is -0.375 e. The first-order valence-corrected chi connectivity index (χ1v) is 8.18. The molecule has 1 aromatic carbocycles. The normalized spacial score (nSPS) is 23.9. The highest BCUT2D eigenvalue weighted by Gasteiger charge is 2.48. The van der Waals surface area contributed by atoms with Crippen LogP contribution in [0, 0.1) is 13.8 Å². The summed E-state index contributed by atoms with van der Waals surface area (Å²) in [6.07, 6.45) is 1.78. The second kappa shape index (κ2) is 5.69. The van der Waals surface area contributed by atoms with Crippen molar-refractivity contribution in [2.75, 3.05) is 13.7 Å². The van der Waals surface area contributed by atoms with E-state index in [-0.39, 0.29) is 11.1 Å². The number of tetrazole rings is 1. The third kappa shape index (κ3) is 2.77. The molecule has 1 fully saturated rings. The molecule has 6 nitrogen and oxygen atoms in total. The maximum Gasteiger partial charge on any atom is 0.217 e. The van der Waals surface area contributed by atoms with Gasteiger partial charge in [0.2, 0.25) is 5.82 Å². The molecule has 2 N–H and O–H groups in total. The van der Waals surface area contributed by atoms with Crippen molar-refractivity contribution in [1.29, 1.82) is 0 Å². The van der Waals surface area contributed by atoms with Crippen LogP contribution in [0.3, 0.4) is 0 Å². The second-order valence-electron chi connectivity index (χ2n) is 7.13. The summed E-state index contributed by atoms with van der Waals surface area (Å²) in [5, 5.41) is 15.0. The Labute approximate surface area is 137 Å². The van der Waals surface area contributed by atoms with Crippen LogP contribution >= 0.6 is 0 Å². The van der Waals surface area contributed by atoms with Gasteiger partial charge in [0, 0.05) is 12.8 Å². The van der Waals surface area contributed by atoms with Gasteiger partial charge >= 0.3 is 0 Å². The van der Waals surface area contributed by atoms with Crippen molar-refractivity contribution in [3.05, 3.63) is 35.2 Å². The van der Waals surface area contributed by atoms with E-state index in [1.807, 2.05) is 4.68 Å². The van der Waals surface area contributed by atoms with Gasteiger partial charge in [0.25, 0.3) is 0 Å². The predicted molar refractivity (Wildman–Crippen MR) is 87.4 cm³/mol. The van der Waals surface area contributed by atoms with Crippen molar-refractivity contribution in [1.82, 2.24) is 20.2 Å². The van der Waals surface area contributed by atoms with E-state index in [9.17, 15) is 0 Å². The molecule has 1 aromatic heterocycles. The highest BCUT2D eigenvalue weighted by atomic mass is 16.5. The van der Waals surface area contributed by atoms with E-state index < -0.39 is 0 Å². The molecular weight excluding hydrogens is 290 g/mol. The lowest BCUT2D eigenvalue weighted by molar-refractivity contribution is -0.722. The van der Waals surface area contributed by atoms with Crippen LogP contribution in [-0.2, 0) is 10.3 Å². The van der Waals surface area contributed by atoms with Gasteiger partial charge in [-0.1, -0.05) is 18.2 Å². The summed E-state index contributed by atoms with van der Waals surface area (Å²) in [4.78, 5) is 0. The highest BCUT2D eigenvalue weighted by molar-refractivity contribution is 5.46. The summed E-state index contributed by atoms with van der Waals surface area (Å²) in [6.45, 7) is 9.19. The standard InChI is InChI=1S/C17H25N5O/c1-12-7-6-8-13(2)14(12)22-15(19-20-21-22)17(18-5)9-10-23-16(3,4)11-17/h6-8,18H,9-11H2,1-5H3/p+1/t17-/m0/s1. The Morgan fingerprint density at radius 2 is 1.91 bits per heavy atom. The van der Waals surface area contributed by atoms with Crippen molar-refractivity contribution >= 4 is 0 Å². The molecule has 1 atom stereocenters. The molecule has 0 aliphatic carbocycles. The SMILES string of the molecule is C[NH2+][C@@]1(c2nnnn2-c2c(C)cccc2C)CCOC(C)(C)C1. The predicted octanol–water partition coefficient (Wildman–Crippen LogP) is 1.26. The molecule has 6 heteroatoms. The molecule has 3 rings (SSSR count). The average molecular weight is 316 g/mol. The van der Waals surface area contributed by atoms with Crippen LogP contribution in [0.15, 0.2) is 18.2 Å². The fourth-order valence-electron chi connectivity index (χ4n) is 3.76. The van der Waals surface area contributed by atoms with Crippen molar-refractivity contribution < 1.29 is 10.1 Å². The minimum absolute atomic E-state index is 0.167. The van der Waals surface area contributed by atoms with E-state index >= 15 is 0 Å². The first-order chi connectivity index (χ1) is 10.9. The van der Waals surface area contributed by atoms with Crippen LogP contribution in [0.2, 0.25) is 0 Å². The summed E-state index contributed by atoms with van der Waals surface area (Å²) in [7, 11) is 2.10. The van der Waals surface area contributed by atoms with Gasteiger partial charge in [0.15, 0.2) is 5.54 Å². The molecule has 2 aromatic rings. The molecule has 1 aliphatic rings. The number of benzene rings is 1. The van der Waals surface area contributed by atoms with E-state index in [1.165, 1.54) is 11.1 Å². The van der Waals surface area contributed by atoms with Crippen molar-refractivity contribution in [3.63, 3.8) is 0 Å². The molecule has 23 heavy (non-hydrogen) atoms. The molecule has 124 valence electrons. The van der Waals surface area contributed by atoms with Gasteiger partial charge in [-0.25, -0.2) is 0 Å². The molecule has 2 heterocycles. The monoisotopic (exact) mass is 316 g/mol. The zero-order chi connectivity index (χ0) is 16.7. The third-order valence-electron chi connectivity index (χ3n) is 4.90. The summed E-state index contributed by atoms with van der Waals surface area (Å²) < 4.78 is 7.84. The first-order valence-electron chi connectivity index (χ1n) is 8.18. The minimum atomic E-state index is -0.178. The van der Waals surface area contributed by atoms with Crippen LogP contribution < -0.4 is 5.32 Å². The maximum absolute atomic E-state index is 5.92. The molecule has 0 unspecified atom stereocenters. The summed E-state index contributed by atoms with van der Waals surface area (Å²) in [6, 6.07) is 6.27. The molecule has 0 spiro atoms. The zero-order valence-corrected chi connectivity index (χ0v) is 14.6. The Bertz CT molecular complexity index is 689. The molecule has 0 bridgehead atoms. The fraction of sp³-hybridized carbons (Fsp3) is 0.588. The van der Waals surface area contributed by atoms with Crippen LogP contribution in [0.25, 0.3) is 5.69 Å². The molecule has 0 radical (unpaired) electrons. The number of hydrogen-bond donors (Lipinski definition) is 1. The van der Waals surface area contributed by atoms with Gasteiger partial charge in [-0.3, -0.25) is 0 Å². The lowest BCUT2D eigenvalue weighted by Crippen LogP contribution is -2.93. The zero-order valence-electron chi connectivity index (χ0n) is 14.6. The Morgan fingerprint density at radius 1 is 1.22 bits per heavy atom. The van der Waals surface area contributed by atoms with E-state index in [1.54, 1.807) is 0 Å². The Morgan fingerprint density at radius 3 is 2.52 bits per heavy atom. The summed E-state index contributed by atoms with van der Waals surface area (Å²) >= 11 is 0. The number of aromatic nitrogens is 4. The largest absolute Gasteiger partial charge is 0.375 e. The van der Waals surface area contributed by atoms with E-state index in [0.717, 1.165) is 31.0 Å². The number of hydrogen-bond acceptors (Lipinski definition) is 4. The number of nitrogens with zero attached hydrogens (tertiary/aromatic N) is 4. The van der Waals surface area contributed by atoms with Crippen LogP contribution in [0.4, 0.5) is 0 Å². The van der Waals surface area contributed by atoms with E-state index in [4.69, 9.17) is 4.74 Å².